The monoisotopic (exact) mass is 368 g/mol. The number of nitrogens with zero attached hydrogens (tertiary/aromatic N) is 1. The molecular weight excluding hydrogens is 351 g/mol. The summed E-state index contributed by atoms with van der Waals surface area (Å²) in [5.74, 6) is -0.921. The Kier molecular flexibility index (Phi) is 6.53. The molecule has 8 heteroatoms. The first kappa shape index (κ1) is 17.5. The largest absolute Gasteiger partial charge is 0.392 e. The van der Waals surface area contributed by atoms with Gasteiger partial charge in [0, 0.05) is 16.6 Å². The van der Waals surface area contributed by atoms with Gasteiger partial charge < -0.3 is 10.0 Å². The Labute approximate surface area is 127 Å². The minimum atomic E-state index is -3.93. The molecule has 0 unspecified atom stereocenters. The summed E-state index contributed by atoms with van der Waals surface area (Å²) in [5, 5.41) is 9.03. The van der Waals surface area contributed by atoms with Gasteiger partial charge >= 0.3 is 0 Å². The van der Waals surface area contributed by atoms with Crippen LogP contribution in [0.3, 0.4) is 0 Å². The Morgan fingerprint density at radius 2 is 2.05 bits per heavy atom. The molecular formula is C12H18BrFN2O3S. The Balaban J connectivity index is 2.90. The van der Waals surface area contributed by atoms with E-state index in [9.17, 15) is 12.8 Å². The van der Waals surface area contributed by atoms with Crippen LogP contribution in [-0.2, 0) is 16.6 Å². The lowest BCUT2D eigenvalue weighted by atomic mass is 10.2. The van der Waals surface area contributed by atoms with E-state index in [2.05, 4.69) is 20.7 Å². The van der Waals surface area contributed by atoms with Crippen LogP contribution in [0, 0.1) is 5.82 Å². The summed E-state index contributed by atoms with van der Waals surface area (Å²) >= 11 is 3.10. The smallest absolute Gasteiger partial charge is 0.243 e. The molecule has 2 N–H and O–H groups in total. The molecule has 0 amide bonds. The first-order valence-corrected chi connectivity index (χ1v) is 8.28. The molecule has 0 spiro atoms. The van der Waals surface area contributed by atoms with Gasteiger partial charge in [-0.1, -0.05) is 15.9 Å². The molecule has 0 bridgehead atoms. The van der Waals surface area contributed by atoms with Gasteiger partial charge in [0.2, 0.25) is 10.0 Å². The lowest BCUT2D eigenvalue weighted by Crippen LogP contribution is -2.28. The summed E-state index contributed by atoms with van der Waals surface area (Å²) in [4.78, 5) is 1.47. The summed E-state index contributed by atoms with van der Waals surface area (Å²) in [7, 11) is -0.159. The molecule has 0 aliphatic heterocycles. The number of hydrogen-bond donors (Lipinski definition) is 2. The fourth-order valence-electron chi connectivity index (χ4n) is 1.61. The molecule has 0 heterocycles. The maximum absolute atomic E-state index is 14.0. The van der Waals surface area contributed by atoms with Crippen molar-refractivity contribution in [3.05, 3.63) is 28.0 Å². The quantitative estimate of drug-likeness (QED) is 0.712. The van der Waals surface area contributed by atoms with Gasteiger partial charge in [0.25, 0.3) is 0 Å². The lowest BCUT2D eigenvalue weighted by molar-refractivity contribution is 0.274. The number of hydrogen-bond acceptors (Lipinski definition) is 4. The zero-order chi connectivity index (χ0) is 15.3. The maximum Gasteiger partial charge on any atom is 0.243 e. The molecule has 20 heavy (non-hydrogen) atoms. The molecule has 0 aliphatic rings. The topological polar surface area (TPSA) is 69.6 Å². The first-order chi connectivity index (χ1) is 9.27. The van der Waals surface area contributed by atoms with E-state index in [-0.39, 0.29) is 12.1 Å². The highest BCUT2D eigenvalue weighted by atomic mass is 79.9. The van der Waals surface area contributed by atoms with Crippen LogP contribution in [-0.4, -0.2) is 45.6 Å². The molecule has 5 nitrogen and oxygen atoms in total. The number of rotatable bonds is 7. The SMILES string of the molecule is CN(C)CCCNS(=O)(=O)c1cc(Br)cc(CO)c1F. The van der Waals surface area contributed by atoms with Crippen molar-refractivity contribution in [3.8, 4) is 0 Å². The van der Waals surface area contributed by atoms with Crippen molar-refractivity contribution in [2.45, 2.75) is 17.9 Å². The molecule has 1 rings (SSSR count). The molecule has 0 saturated heterocycles. The van der Waals surface area contributed by atoms with Crippen molar-refractivity contribution < 1.29 is 17.9 Å². The summed E-state index contributed by atoms with van der Waals surface area (Å²) in [6.45, 7) is 0.390. The van der Waals surface area contributed by atoms with Crippen molar-refractivity contribution in [1.82, 2.24) is 9.62 Å². The average molecular weight is 369 g/mol. The Morgan fingerprint density at radius 1 is 1.40 bits per heavy atom. The van der Waals surface area contributed by atoms with Crippen molar-refractivity contribution in [2.75, 3.05) is 27.2 Å². The van der Waals surface area contributed by atoms with Gasteiger partial charge in [0.1, 0.15) is 10.7 Å². The van der Waals surface area contributed by atoms with Crippen LogP contribution >= 0.6 is 15.9 Å². The normalized spacial score (nSPS) is 12.1. The highest BCUT2D eigenvalue weighted by Crippen LogP contribution is 2.24. The van der Waals surface area contributed by atoms with Crippen LogP contribution in [0.4, 0.5) is 4.39 Å². The molecule has 1 aromatic carbocycles. The number of benzene rings is 1. The second-order valence-corrected chi connectivity index (χ2v) is 7.24. The van der Waals surface area contributed by atoms with E-state index >= 15 is 0 Å². The molecule has 114 valence electrons. The van der Waals surface area contributed by atoms with E-state index in [1.165, 1.54) is 12.1 Å². The number of nitrogens with one attached hydrogen (secondary N) is 1. The van der Waals surface area contributed by atoms with E-state index in [0.29, 0.717) is 10.9 Å². The molecule has 0 fully saturated rings. The van der Waals surface area contributed by atoms with Gasteiger partial charge in [-0.25, -0.2) is 17.5 Å². The van der Waals surface area contributed by atoms with Gasteiger partial charge in [0.05, 0.1) is 6.61 Å². The zero-order valence-corrected chi connectivity index (χ0v) is 13.8. The van der Waals surface area contributed by atoms with Crippen LogP contribution in [0.25, 0.3) is 0 Å². The molecule has 0 radical (unpaired) electrons. The van der Waals surface area contributed by atoms with Crippen molar-refractivity contribution in [3.63, 3.8) is 0 Å². The summed E-state index contributed by atoms with van der Waals surface area (Å²) in [5.41, 5.74) is -0.0620. The predicted molar refractivity (Wildman–Crippen MR) is 78.4 cm³/mol. The fourth-order valence-corrected chi connectivity index (χ4v) is 3.48. The fraction of sp³-hybridized carbons (Fsp3) is 0.500. The van der Waals surface area contributed by atoms with Crippen molar-refractivity contribution >= 4 is 26.0 Å². The summed E-state index contributed by atoms with van der Waals surface area (Å²) in [6, 6.07) is 2.53. The maximum atomic E-state index is 14.0. The second-order valence-electron chi connectivity index (χ2n) is 4.59. The van der Waals surface area contributed by atoms with E-state index in [4.69, 9.17) is 5.11 Å². The van der Waals surface area contributed by atoms with E-state index < -0.39 is 27.3 Å². The molecule has 1 aromatic rings. The number of halogens is 2. The van der Waals surface area contributed by atoms with E-state index in [0.717, 1.165) is 6.54 Å². The van der Waals surface area contributed by atoms with Crippen LogP contribution in [0.5, 0.6) is 0 Å². The summed E-state index contributed by atoms with van der Waals surface area (Å²) in [6.07, 6.45) is 0.620. The van der Waals surface area contributed by atoms with Crippen LogP contribution in [0.2, 0.25) is 0 Å². The highest BCUT2D eigenvalue weighted by molar-refractivity contribution is 9.10. The van der Waals surface area contributed by atoms with E-state index in [1.54, 1.807) is 0 Å². The Hall–Kier alpha value is -0.540. The highest BCUT2D eigenvalue weighted by Gasteiger charge is 2.21. The van der Waals surface area contributed by atoms with Crippen LogP contribution < -0.4 is 4.72 Å². The third-order valence-corrected chi connectivity index (χ3v) is 4.53. The molecule has 0 saturated carbocycles. The van der Waals surface area contributed by atoms with Gasteiger partial charge in [-0.3, -0.25) is 0 Å². The number of aliphatic hydroxyl groups excluding tert-OH is 1. The first-order valence-electron chi connectivity index (χ1n) is 6.01. The van der Waals surface area contributed by atoms with Gasteiger partial charge in [0.15, 0.2) is 0 Å². The van der Waals surface area contributed by atoms with Crippen LogP contribution in [0.1, 0.15) is 12.0 Å². The van der Waals surface area contributed by atoms with E-state index in [1.807, 2.05) is 19.0 Å². The third-order valence-electron chi connectivity index (χ3n) is 2.61. The zero-order valence-electron chi connectivity index (χ0n) is 11.4. The molecule has 0 aromatic heterocycles. The number of aliphatic hydroxyl groups is 1. The van der Waals surface area contributed by atoms with Gasteiger partial charge in [-0.15, -0.1) is 0 Å². The number of sulfonamides is 1. The second kappa shape index (κ2) is 7.46. The van der Waals surface area contributed by atoms with Crippen molar-refractivity contribution in [1.29, 1.82) is 0 Å². The van der Waals surface area contributed by atoms with Gasteiger partial charge in [-0.05, 0) is 39.2 Å². The minimum Gasteiger partial charge on any atom is -0.392 e. The lowest BCUT2D eigenvalue weighted by Gasteiger charge is -2.12. The minimum absolute atomic E-state index is 0.0620. The summed E-state index contributed by atoms with van der Waals surface area (Å²) < 4.78 is 40.8. The Bertz CT molecular complexity index is 564. The van der Waals surface area contributed by atoms with Crippen molar-refractivity contribution in [2.24, 2.45) is 0 Å². The third kappa shape index (κ3) is 4.78. The predicted octanol–water partition coefficient (Wildman–Crippen LogP) is 1.31. The average Bonchev–Trinajstić information content (AvgIpc) is 2.36. The van der Waals surface area contributed by atoms with Crippen LogP contribution in [0.15, 0.2) is 21.5 Å². The standard InChI is InChI=1S/C12H18BrFN2O3S/c1-16(2)5-3-4-15-20(18,19)11-7-10(13)6-9(8-17)12(11)14/h6-7,15,17H,3-5,8H2,1-2H3. The van der Waals surface area contributed by atoms with Gasteiger partial charge in [-0.2, -0.15) is 0 Å². The molecule has 0 aliphatic carbocycles. The Morgan fingerprint density at radius 3 is 2.60 bits per heavy atom. The molecule has 0 atom stereocenters.